The fourth-order valence-electron chi connectivity index (χ4n) is 3.13. The summed E-state index contributed by atoms with van der Waals surface area (Å²) in [7, 11) is 0. The minimum absolute atomic E-state index is 0.0174. The molecule has 8 nitrogen and oxygen atoms in total. The van der Waals surface area contributed by atoms with Gasteiger partial charge in [0.2, 0.25) is 0 Å². The van der Waals surface area contributed by atoms with E-state index in [9.17, 15) is 14.9 Å². The van der Waals surface area contributed by atoms with Gasteiger partial charge in [-0.15, -0.1) is 0 Å². The van der Waals surface area contributed by atoms with Crippen molar-refractivity contribution >= 4 is 38.7 Å². The lowest BCUT2D eigenvalue weighted by atomic mass is 10.2. The number of non-ortho nitro benzene ring substituents is 1. The summed E-state index contributed by atoms with van der Waals surface area (Å²) in [4.78, 5) is 27.8. The van der Waals surface area contributed by atoms with Crippen molar-refractivity contribution in [2.24, 2.45) is 5.10 Å². The normalized spacial score (nSPS) is 11.2. The monoisotopic (exact) mass is 492 g/mol. The minimum Gasteiger partial charge on any atom is -0.489 e. The third-order valence-corrected chi connectivity index (χ3v) is 5.17. The van der Waals surface area contributed by atoms with E-state index in [4.69, 9.17) is 4.74 Å². The average Bonchev–Trinajstić information content (AvgIpc) is 2.78. The molecule has 0 N–H and O–H groups in total. The Morgan fingerprint density at radius 1 is 1.16 bits per heavy atom. The Kier molecular flexibility index (Phi) is 6.09. The molecule has 9 heteroatoms. The molecule has 1 aromatic heterocycles. The van der Waals surface area contributed by atoms with Crippen LogP contribution in [0.5, 0.6) is 5.75 Å². The van der Waals surface area contributed by atoms with Gasteiger partial charge < -0.3 is 4.74 Å². The van der Waals surface area contributed by atoms with E-state index in [2.05, 4.69) is 26.0 Å². The fraction of sp³-hybridized carbons (Fsp3) is 0.0870. The molecule has 0 fully saturated rings. The zero-order valence-corrected chi connectivity index (χ0v) is 18.5. The van der Waals surface area contributed by atoms with Crippen LogP contribution in [0, 0.1) is 17.0 Å². The van der Waals surface area contributed by atoms with Crippen LogP contribution in [0.25, 0.3) is 10.9 Å². The summed E-state index contributed by atoms with van der Waals surface area (Å²) < 4.78 is 7.81. The highest BCUT2D eigenvalue weighted by Crippen LogP contribution is 2.18. The van der Waals surface area contributed by atoms with Crippen molar-refractivity contribution in [2.45, 2.75) is 13.5 Å². The maximum absolute atomic E-state index is 12.8. The number of ether oxygens (including phenoxy) is 1. The molecule has 0 saturated carbocycles. The van der Waals surface area contributed by atoms with Crippen molar-refractivity contribution in [3.8, 4) is 5.75 Å². The molecule has 0 aliphatic rings. The number of aromatic nitrogens is 2. The SMILES string of the molecule is Cc1nc2ccc(Br)cc2c(=O)n1N=Cc1cccc(OCc2cccc([N+](=O)[O-])c2)c1. The van der Waals surface area contributed by atoms with E-state index in [0.717, 1.165) is 10.0 Å². The van der Waals surface area contributed by atoms with Gasteiger partial charge in [0.25, 0.3) is 11.2 Å². The lowest BCUT2D eigenvalue weighted by Gasteiger charge is -2.08. The van der Waals surface area contributed by atoms with E-state index in [1.165, 1.54) is 16.8 Å². The van der Waals surface area contributed by atoms with Gasteiger partial charge >= 0.3 is 0 Å². The molecule has 4 aromatic rings. The Morgan fingerprint density at radius 3 is 2.78 bits per heavy atom. The number of hydrogen-bond donors (Lipinski definition) is 0. The summed E-state index contributed by atoms with van der Waals surface area (Å²) in [6.07, 6.45) is 1.56. The van der Waals surface area contributed by atoms with E-state index in [-0.39, 0.29) is 17.9 Å². The second-order valence-corrected chi connectivity index (χ2v) is 7.89. The molecule has 0 amide bonds. The number of halogens is 1. The standard InChI is InChI=1S/C23H17BrN4O4/c1-15-26-22-9-8-18(24)12-21(22)23(29)27(15)25-13-16-4-3-7-20(11-16)32-14-17-5-2-6-19(10-17)28(30)31/h2-13H,14H2,1H3. The zero-order valence-electron chi connectivity index (χ0n) is 16.9. The summed E-state index contributed by atoms with van der Waals surface area (Å²) in [5.41, 5.74) is 1.78. The van der Waals surface area contributed by atoms with Crippen LogP contribution in [0.15, 0.2) is 81.1 Å². The van der Waals surface area contributed by atoms with Gasteiger partial charge in [-0.2, -0.15) is 9.78 Å². The number of benzene rings is 3. The van der Waals surface area contributed by atoms with Crippen molar-refractivity contribution in [1.82, 2.24) is 9.66 Å². The highest BCUT2D eigenvalue weighted by molar-refractivity contribution is 9.10. The smallest absolute Gasteiger partial charge is 0.282 e. The molecule has 0 unspecified atom stereocenters. The van der Waals surface area contributed by atoms with Crippen molar-refractivity contribution in [2.75, 3.05) is 0 Å². The van der Waals surface area contributed by atoms with E-state index < -0.39 is 4.92 Å². The molecule has 0 radical (unpaired) electrons. The molecule has 4 rings (SSSR count). The summed E-state index contributed by atoms with van der Waals surface area (Å²) >= 11 is 3.37. The summed E-state index contributed by atoms with van der Waals surface area (Å²) in [6.45, 7) is 1.91. The highest BCUT2D eigenvalue weighted by atomic mass is 79.9. The number of nitro benzene ring substituents is 1. The van der Waals surface area contributed by atoms with Gasteiger partial charge in [0.15, 0.2) is 0 Å². The van der Waals surface area contributed by atoms with Crippen LogP contribution >= 0.6 is 15.9 Å². The minimum atomic E-state index is -0.440. The van der Waals surface area contributed by atoms with E-state index in [1.807, 2.05) is 12.1 Å². The lowest BCUT2D eigenvalue weighted by Crippen LogP contribution is -2.20. The molecule has 0 spiro atoms. The first-order valence-corrected chi connectivity index (χ1v) is 10.4. The Bertz CT molecular complexity index is 1420. The molecule has 0 aliphatic heterocycles. The molecule has 0 bridgehead atoms. The molecule has 32 heavy (non-hydrogen) atoms. The van der Waals surface area contributed by atoms with Crippen LogP contribution in [0.3, 0.4) is 0 Å². The maximum Gasteiger partial charge on any atom is 0.282 e. The Morgan fingerprint density at radius 2 is 1.97 bits per heavy atom. The molecule has 3 aromatic carbocycles. The van der Waals surface area contributed by atoms with E-state index in [1.54, 1.807) is 55.6 Å². The van der Waals surface area contributed by atoms with Crippen LogP contribution < -0.4 is 10.3 Å². The number of hydrogen-bond acceptors (Lipinski definition) is 6. The lowest BCUT2D eigenvalue weighted by molar-refractivity contribution is -0.384. The van der Waals surface area contributed by atoms with Crippen LogP contribution in [0.2, 0.25) is 0 Å². The van der Waals surface area contributed by atoms with Crippen LogP contribution in [0.4, 0.5) is 5.69 Å². The predicted octanol–water partition coefficient (Wildman–Crippen LogP) is 4.84. The first-order chi connectivity index (χ1) is 15.4. The van der Waals surface area contributed by atoms with Gasteiger partial charge in [-0.3, -0.25) is 14.9 Å². The Balaban J connectivity index is 1.55. The largest absolute Gasteiger partial charge is 0.489 e. The molecule has 1 heterocycles. The van der Waals surface area contributed by atoms with Crippen molar-refractivity contribution < 1.29 is 9.66 Å². The second-order valence-electron chi connectivity index (χ2n) is 6.97. The van der Waals surface area contributed by atoms with Gasteiger partial charge in [-0.25, -0.2) is 4.98 Å². The van der Waals surface area contributed by atoms with Crippen LogP contribution in [-0.2, 0) is 6.61 Å². The number of rotatable bonds is 6. The van der Waals surface area contributed by atoms with Crippen LogP contribution in [0.1, 0.15) is 17.0 Å². The molecule has 160 valence electrons. The van der Waals surface area contributed by atoms with Gasteiger partial charge in [-0.1, -0.05) is 40.2 Å². The summed E-state index contributed by atoms with van der Waals surface area (Å²) in [5.74, 6) is 1.05. The molecule has 0 saturated heterocycles. The number of aryl methyl sites for hydroxylation is 1. The zero-order chi connectivity index (χ0) is 22.7. The third kappa shape index (κ3) is 4.73. The van der Waals surface area contributed by atoms with Crippen molar-refractivity contribution in [3.63, 3.8) is 0 Å². The number of nitrogens with zero attached hydrogens (tertiary/aromatic N) is 4. The van der Waals surface area contributed by atoms with Gasteiger partial charge in [0, 0.05) is 16.6 Å². The third-order valence-electron chi connectivity index (χ3n) is 4.68. The fourth-order valence-corrected chi connectivity index (χ4v) is 3.49. The number of nitro groups is 1. The Labute approximate surface area is 191 Å². The molecule has 0 aliphatic carbocycles. The van der Waals surface area contributed by atoms with Crippen molar-refractivity contribution in [3.05, 3.63) is 109 Å². The molecule has 0 atom stereocenters. The predicted molar refractivity (Wildman–Crippen MR) is 125 cm³/mol. The topological polar surface area (TPSA) is 99.6 Å². The maximum atomic E-state index is 12.8. The Hall–Kier alpha value is -3.85. The summed E-state index contributed by atoms with van der Waals surface area (Å²) in [5, 5.41) is 15.7. The highest BCUT2D eigenvalue weighted by Gasteiger charge is 2.08. The average molecular weight is 493 g/mol. The first-order valence-electron chi connectivity index (χ1n) is 9.60. The quantitative estimate of drug-likeness (QED) is 0.218. The van der Waals surface area contributed by atoms with Crippen LogP contribution in [-0.4, -0.2) is 20.8 Å². The molecular weight excluding hydrogens is 476 g/mol. The van der Waals surface area contributed by atoms with Crippen molar-refractivity contribution in [1.29, 1.82) is 0 Å². The summed E-state index contributed by atoms with van der Waals surface area (Å²) in [6, 6.07) is 18.8. The first kappa shape index (κ1) is 21.4. The van der Waals surface area contributed by atoms with E-state index >= 15 is 0 Å². The van der Waals surface area contributed by atoms with E-state index in [0.29, 0.717) is 28.0 Å². The number of fused-ring (bicyclic) bond motifs is 1. The van der Waals surface area contributed by atoms with Gasteiger partial charge in [0.05, 0.1) is 22.0 Å². The van der Waals surface area contributed by atoms with Gasteiger partial charge in [0.1, 0.15) is 18.2 Å². The molecular formula is C23H17BrN4O4. The second kappa shape index (κ2) is 9.11. The van der Waals surface area contributed by atoms with Gasteiger partial charge in [-0.05, 0) is 48.4 Å².